The monoisotopic (exact) mass is 325 g/mol. The Kier molecular flexibility index (Phi) is 3.87. The third-order valence-corrected chi connectivity index (χ3v) is 5.14. The van der Waals surface area contributed by atoms with E-state index < -0.39 is 0 Å². The van der Waals surface area contributed by atoms with Crippen LogP contribution in [-0.2, 0) is 0 Å². The Labute approximate surface area is 141 Å². The number of carbonyl (C=O) groups is 1. The van der Waals surface area contributed by atoms with Crippen molar-refractivity contribution in [2.75, 3.05) is 6.54 Å². The van der Waals surface area contributed by atoms with Gasteiger partial charge in [-0.15, -0.1) is 0 Å². The van der Waals surface area contributed by atoms with Crippen molar-refractivity contribution in [3.63, 3.8) is 0 Å². The number of hydrogen-bond acceptors (Lipinski definition) is 4. The fourth-order valence-corrected chi connectivity index (χ4v) is 3.22. The molecule has 0 bridgehead atoms. The number of nitrogens with zero attached hydrogens (tertiary/aromatic N) is 2. The molecular formula is C19H23N3O2. The highest BCUT2D eigenvalue weighted by Crippen LogP contribution is 2.48. The molecule has 0 unspecified atom stereocenters. The number of rotatable bonds is 7. The summed E-state index contributed by atoms with van der Waals surface area (Å²) >= 11 is 0. The molecular weight excluding hydrogens is 302 g/mol. The van der Waals surface area contributed by atoms with Crippen LogP contribution in [0.2, 0.25) is 0 Å². The zero-order chi connectivity index (χ0) is 16.6. The lowest BCUT2D eigenvalue weighted by atomic mass is 10.0. The molecule has 1 heterocycles. The van der Waals surface area contributed by atoms with Crippen molar-refractivity contribution >= 4 is 5.91 Å². The molecule has 0 spiro atoms. The third kappa shape index (κ3) is 3.21. The predicted molar refractivity (Wildman–Crippen MR) is 90.6 cm³/mol. The van der Waals surface area contributed by atoms with Gasteiger partial charge in [-0.25, -0.2) is 0 Å². The second kappa shape index (κ2) is 6.04. The molecule has 1 amide bonds. The summed E-state index contributed by atoms with van der Waals surface area (Å²) in [6.45, 7) is 2.99. The summed E-state index contributed by atoms with van der Waals surface area (Å²) in [5.41, 5.74) is 1.90. The van der Waals surface area contributed by atoms with Crippen molar-refractivity contribution < 1.29 is 9.32 Å². The maximum atomic E-state index is 12.3. The van der Waals surface area contributed by atoms with Crippen LogP contribution in [0, 0.1) is 5.41 Å². The van der Waals surface area contributed by atoms with Crippen molar-refractivity contribution in [2.45, 2.75) is 51.4 Å². The first kappa shape index (κ1) is 15.4. The van der Waals surface area contributed by atoms with Gasteiger partial charge in [0.05, 0.1) is 0 Å². The molecule has 126 valence electrons. The Bertz CT molecular complexity index is 727. The van der Waals surface area contributed by atoms with E-state index in [0.29, 0.717) is 22.8 Å². The Balaban J connectivity index is 1.38. The molecule has 24 heavy (non-hydrogen) atoms. The zero-order valence-corrected chi connectivity index (χ0v) is 14.0. The second-order valence-corrected chi connectivity index (χ2v) is 7.24. The molecule has 1 aromatic heterocycles. The summed E-state index contributed by atoms with van der Waals surface area (Å²) in [4.78, 5) is 16.7. The lowest BCUT2D eigenvalue weighted by Crippen LogP contribution is -2.30. The molecule has 0 radical (unpaired) electrons. The van der Waals surface area contributed by atoms with Crippen molar-refractivity contribution in [1.82, 2.24) is 15.5 Å². The molecule has 5 nitrogen and oxygen atoms in total. The minimum Gasteiger partial charge on any atom is -0.351 e. The SMILES string of the molecule is CCCC1(CNC(=O)c2ccc(-c3nc(C4CC4)no3)cc2)CC1. The number of amides is 1. The van der Waals surface area contributed by atoms with Gasteiger partial charge in [0.15, 0.2) is 5.82 Å². The minimum absolute atomic E-state index is 0.00636. The van der Waals surface area contributed by atoms with Gasteiger partial charge in [0.25, 0.3) is 11.8 Å². The fourth-order valence-electron chi connectivity index (χ4n) is 3.22. The molecule has 0 aliphatic heterocycles. The van der Waals surface area contributed by atoms with Crippen molar-refractivity contribution in [2.24, 2.45) is 5.41 Å². The van der Waals surface area contributed by atoms with E-state index in [4.69, 9.17) is 4.52 Å². The third-order valence-electron chi connectivity index (χ3n) is 5.14. The van der Waals surface area contributed by atoms with Crippen LogP contribution >= 0.6 is 0 Å². The summed E-state index contributed by atoms with van der Waals surface area (Å²) in [7, 11) is 0. The largest absolute Gasteiger partial charge is 0.351 e. The molecule has 1 aromatic carbocycles. The van der Waals surface area contributed by atoms with Crippen LogP contribution in [0.4, 0.5) is 0 Å². The van der Waals surface area contributed by atoms with Crippen molar-refractivity contribution in [3.8, 4) is 11.5 Å². The van der Waals surface area contributed by atoms with Crippen molar-refractivity contribution in [1.29, 1.82) is 0 Å². The van der Waals surface area contributed by atoms with E-state index in [1.54, 1.807) is 0 Å². The van der Waals surface area contributed by atoms with Gasteiger partial charge < -0.3 is 9.84 Å². The summed E-state index contributed by atoms with van der Waals surface area (Å²) in [5, 5.41) is 7.11. The maximum Gasteiger partial charge on any atom is 0.257 e. The molecule has 2 fully saturated rings. The van der Waals surface area contributed by atoms with Crippen LogP contribution in [0.5, 0.6) is 0 Å². The lowest BCUT2D eigenvalue weighted by Gasteiger charge is -2.14. The van der Waals surface area contributed by atoms with Gasteiger partial charge in [-0.1, -0.05) is 18.5 Å². The van der Waals surface area contributed by atoms with Gasteiger partial charge in [-0.2, -0.15) is 4.98 Å². The zero-order valence-electron chi connectivity index (χ0n) is 14.0. The first-order valence-electron chi connectivity index (χ1n) is 8.91. The number of nitrogens with one attached hydrogen (secondary N) is 1. The summed E-state index contributed by atoms with van der Waals surface area (Å²) < 4.78 is 5.32. The number of carbonyl (C=O) groups excluding carboxylic acids is 1. The van der Waals surface area contributed by atoms with E-state index in [9.17, 15) is 4.79 Å². The highest BCUT2D eigenvalue weighted by molar-refractivity contribution is 5.94. The Morgan fingerprint density at radius 2 is 2.04 bits per heavy atom. The Morgan fingerprint density at radius 3 is 2.67 bits per heavy atom. The summed E-state index contributed by atoms with van der Waals surface area (Å²) in [6.07, 6.45) is 7.15. The van der Waals surface area contributed by atoms with Crippen LogP contribution in [-0.4, -0.2) is 22.6 Å². The van der Waals surface area contributed by atoms with E-state index in [0.717, 1.165) is 30.8 Å². The highest BCUT2D eigenvalue weighted by Gasteiger charge is 2.41. The average molecular weight is 325 g/mol. The van der Waals surface area contributed by atoms with Gasteiger partial charge in [-0.3, -0.25) is 4.79 Å². The minimum atomic E-state index is -0.00636. The lowest BCUT2D eigenvalue weighted by molar-refractivity contribution is 0.0943. The van der Waals surface area contributed by atoms with E-state index in [-0.39, 0.29) is 5.91 Å². The van der Waals surface area contributed by atoms with Gasteiger partial charge >= 0.3 is 0 Å². The molecule has 4 rings (SSSR count). The molecule has 0 atom stereocenters. The van der Waals surface area contributed by atoms with Crippen LogP contribution in [0.15, 0.2) is 28.8 Å². The standard InChI is InChI=1S/C19H23N3O2/c1-2-9-19(10-11-19)12-20-17(23)14-5-7-15(8-6-14)18-21-16(22-24-18)13-3-4-13/h5-8,13H,2-4,9-12H2,1H3,(H,20,23). The molecule has 2 saturated carbocycles. The molecule has 2 aromatic rings. The van der Waals surface area contributed by atoms with E-state index in [1.165, 1.54) is 25.7 Å². The van der Waals surface area contributed by atoms with E-state index in [1.807, 2.05) is 24.3 Å². The van der Waals surface area contributed by atoms with Crippen LogP contribution < -0.4 is 5.32 Å². The normalized spacial score (nSPS) is 18.4. The highest BCUT2D eigenvalue weighted by atomic mass is 16.5. The van der Waals surface area contributed by atoms with E-state index >= 15 is 0 Å². The van der Waals surface area contributed by atoms with Crippen LogP contribution in [0.3, 0.4) is 0 Å². The van der Waals surface area contributed by atoms with Crippen LogP contribution in [0.25, 0.3) is 11.5 Å². The quantitative estimate of drug-likeness (QED) is 0.837. The topological polar surface area (TPSA) is 68.0 Å². The average Bonchev–Trinajstić information content (AvgIpc) is 3.54. The summed E-state index contributed by atoms with van der Waals surface area (Å²) in [5.74, 6) is 1.81. The fraction of sp³-hybridized carbons (Fsp3) is 0.526. The second-order valence-electron chi connectivity index (χ2n) is 7.24. The van der Waals surface area contributed by atoms with Gasteiger partial charge in [0.1, 0.15) is 0 Å². The summed E-state index contributed by atoms with van der Waals surface area (Å²) in [6, 6.07) is 7.40. The predicted octanol–water partition coefficient (Wildman–Crippen LogP) is 3.92. The molecule has 2 aliphatic carbocycles. The van der Waals surface area contributed by atoms with Crippen molar-refractivity contribution in [3.05, 3.63) is 35.7 Å². The van der Waals surface area contributed by atoms with Gasteiger partial charge in [0, 0.05) is 23.6 Å². The van der Waals surface area contributed by atoms with Gasteiger partial charge in [-0.05, 0) is 61.8 Å². The number of hydrogen-bond donors (Lipinski definition) is 1. The van der Waals surface area contributed by atoms with Crippen LogP contribution in [0.1, 0.15) is 67.5 Å². The van der Waals surface area contributed by atoms with E-state index in [2.05, 4.69) is 22.4 Å². The molecule has 5 heteroatoms. The smallest absolute Gasteiger partial charge is 0.257 e. The van der Waals surface area contributed by atoms with Gasteiger partial charge in [0.2, 0.25) is 0 Å². The molecule has 2 aliphatic rings. The number of benzene rings is 1. The first-order valence-corrected chi connectivity index (χ1v) is 8.91. The number of aromatic nitrogens is 2. The Hall–Kier alpha value is -2.17. The maximum absolute atomic E-state index is 12.3. The molecule has 0 saturated heterocycles. The Morgan fingerprint density at radius 1 is 1.29 bits per heavy atom. The first-order chi connectivity index (χ1) is 11.7. The molecule has 1 N–H and O–H groups in total.